The van der Waals surface area contributed by atoms with Crippen LogP contribution in [0.4, 0.5) is 5.82 Å². The lowest BCUT2D eigenvalue weighted by Gasteiger charge is -2.28. The molecule has 1 unspecified atom stereocenters. The van der Waals surface area contributed by atoms with Crippen LogP contribution in [0.3, 0.4) is 0 Å². The van der Waals surface area contributed by atoms with Crippen molar-refractivity contribution in [3.8, 4) is 0 Å². The van der Waals surface area contributed by atoms with E-state index in [0.717, 1.165) is 25.9 Å². The Kier molecular flexibility index (Phi) is 3.69. The number of nitrogens with one attached hydrogen (secondary N) is 1. The highest BCUT2D eigenvalue weighted by atomic mass is 15.3. The van der Waals surface area contributed by atoms with Crippen LogP contribution in [-0.4, -0.2) is 35.1 Å². The first kappa shape index (κ1) is 12.9. The Morgan fingerprint density at radius 2 is 2.21 bits per heavy atom. The van der Waals surface area contributed by atoms with Crippen molar-refractivity contribution in [3.05, 3.63) is 17.6 Å². The molecule has 4 heteroatoms. The van der Waals surface area contributed by atoms with Gasteiger partial charge in [0.2, 0.25) is 0 Å². The van der Waals surface area contributed by atoms with E-state index in [1.54, 1.807) is 6.33 Å². The van der Waals surface area contributed by atoms with Crippen molar-refractivity contribution in [1.29, 1.82) is 0 Å². The standard InChI is InChI=1S/C15H24N4/c1-11(2)16-9-12-5-4-8-19(12)15-13-6-3-7-14(13)17-10-18-15/h10-12,16H,3-9H2,1-2H3. The zero-order valence-electron chi connectivity index (χ0n) is 12.0. The first-order valence-electron chi connectivity index (χ1n) is 7.58. The highest BCUT2D eigenvalue weighted by molar-refractivity contribution is 5.52. The summed E-state index contributed by atoms with van der Waals surface area (Å²) in [7, 11) is 0. The van der Waals surface area contributed by atoms with Crippen LogP contribution in [0.5, 0.6) is 0 Å². The molecule has 0 radical (unpaired) electrons. The Morgan fingerprint density at radius 3 is 3.05 bits per heavy atom. The molecular weight excluding hydrogens is 236 g/mol. The molecular formula is C15H24N4. The molecule has 1 aromatic rings. The van der Waals surface area contributed by atoms with Crippen LogP contribution in [0.2, 0.25) is 0 Å². The maximum absolute atomic E-state index is 4.60. The van der Waals surface area contributed by atoms with Crippen LogP contribution in [0.15, 0.2) is 6.33 Å². The maximum atomic E-state index is 4.60. The third kappa shape index (κ3) is 2.59. The van der Waals surface area contributed by atoms with E-state index in [1.807, 2.05) is 0 Å². The maximum Gasteiger partial charge on any atom is 0.135 e. The smallest absolute Gasteiger partial charge is 0.135 e. The molecule has 1 N–H and O–H groups in total. The lowest BCUT2D eigenvalue weighted by Crippen LogP contribution is -2.41. The van der Waals surface area contributed by atoms with Gasteiger partial charge in [0.1, 0.15) is 12.1 Å². The van der Waals surface area contributed by atoms with Gasteiger partial charge in [-0.05, 0) is 32.1 Å². The monoisotopic (exact) mass is 260 g/mol. The molecule has 1 atom stereocenters. The summed E-state index contributed by atoms with van der Waals surface area (Å²) in [5.74, 6) is 1.22. The molecule has 0 spiro atoms. The molecule has 0 amide bonds. The Labute approximate surface area is 115 Å². The summed E-state index contributed by atoms with van der Waals surface area (Å²) < 4.78 is 0. The molecule has 2 aliphatic rings. The molecule has 0 saturated carbocycles. The van der Waals surface area contributed by atoms with Gasteiger partial charge in [0.25, 0.3) is 0 Å². The molecule has 4 nitrogen and oxygen atoms in total. The van der Waals surface area contributed by atoms with E-state index in [4.69, 9.17) is 0 Å². The second-order valence-corrected chi connectivity index (χ2v) is 6.03. The number of aryl methyl sites for hydroxylation is 1. The summed E-state index contributed by atoms with van der Waals surface area (Å²) >= 11 is 0. The number of fused-ring (bicyclic) bond motifs is 1. The zero-order valence-corrected chi connectivity index (χ0v) is 12.0. The fraction of sp³-hybridized carbons (Fsp3) is 0.733. The van der Waals surface area contributed by atoms with E-state index in [2.05, 4.69) is 34.0 Å². The third-order valence-corrected chi connectivity index (χ3v) is 4.26. The van der Waals surface area contributed by atoms with Gasteiger partial charge in [0, 0.05) is 36.4 Å². The van der Waals surface area contributed by atoms with E-state index in [1.165, 1.54) is 36.3 Å². The predicted octanol–water partition coefficient (Wildman–Crippen LogP) is 1.93. The van der Waals surface area contributed by atoms with E-state index in [9.17, 15) is 0 Å². The fourth-order valence-corrected chi connectivity index (χ4v) is 3.29. The Bertz CT molecular complexity index is 444. The van der Waals surface area contributed by atoms with Crippen molar-refractivity contribution >= 4 is 5.82 Å². The second-order valence-electron chi connectivity index (χ2n) is 6.03. The number of hydrogen-bond acceptors (Lipinski definition) is 4. The molecule has 1 aliphatic carbocycles. The normalized spacial score (nSPS) is 22.3. The van der Waals surface area contributed by atoms with Crippen LogP contribution in [0, 0.1) is 0 Å². The molecule has 0 aromatic carbocycles. The number of aromatic nitrogens is 2. The molecule has 1 fully saturated rings. The molecule has 104 valence electrons. The summed E-state index contributed by atoms with van der Waals surface area (Å²) in [6.45, 7) is 6.63. The van der Waals surface area contributed by atoms with Gasteiger partial charge in [0.15, 0.2) is 0 Å². The zero-order chi connectivity index (χ0) is 13.2. The second kappa shape index (κ2) is 5.45. The lowest BCUT2D eigenvalue weighted by molar-refractivity contribution is 0.521. The summed E-state index contributed by atoms with van der Waals surface area (Å²) in [4.78, 5) is 11.5. The van der Waals surface area contributed by atoms with Crippen LogP contribution in [-0.2, 0) is 12.8 Å². The van der Waals surface area contributed by atoms with Crippen molar-refractivity contribution in [1.82, 2.24) is 15.3 Å². The Hall–Kier alpha value is -1.16. The highest BCUT2D eigenvalue weighted by Crippen LogP contribution is 2.32. The van der Waals surface area contributed by atoms with Crippen molar-refractivity contribution in [2.75, 3.05) is 18.0 Å². The third-order valence-electron chi connectivity index (χ3n) is 4.26. The van der Waals surface area contributed by atoms with Gasteiger partial charge in [-0.15, -0.1) is 0 Å². The number of hydrogen-bond donors (Lipinski definition) is 1. The van der Waals surface area contributed by atoms with Gasteiger partial charge in [-0.25, -0.2) is 9.97 Å². The minimum absolute atomic E-state index is 0.554. The summed E-state index contributed by atoms with van der Waals surface area (Å²) in [6, 6.07) is 1.15. The fourth-order valence-electron chi connectivity index (χ4n) is 3.29. The average molecular weight is 260 g/mol. The molecule has 3 rings (SSSR count). The number of rotatable bonds is 4. The molecule has 1 saturated heterocycles. The first-order chi connectivity index (χ1) is 9.25. The lowest BCUT2D eigenvalue weighted by atomic mass is 10.2. The summed E-state index contributed by atoms with van der Waals surface area (Å²) in [6.07, 6.45) is 7.84. The first-order valence-corrected chi connectivity index (χ1v) is 7.58. The topological polar surface area (TPSA) is 41.0 Å². The van der Waals surface area contributed by atoms with Gasteiger partial charge in [-0.2, -0.15) is 0 Å². The van der Waals surface area contributed by atoms with E-state index in [-0.39, 0.29) is 0 Å². The van der Waals surface area contributed by atoms with Crippen molar-refractivity contribution < 1.29 is 0 Å². The molecule has 19 heavy (non-hydrogen) atoms. The quantitative estimate of drug-likeness (QED) is 0.898. The van der Waals surface area contributed by atoms with Crippen LogP contribution in [0.25, 0.3) is 0 Å². The SMILES string of the molecule is CC(C)NCC1CCCN1c1ncnc2c1CCC2. The Morgan fingerprint density at radius 1 is 1.32 bits per heavy atom. The molecule has 1 aliphatic heterocycles. The summed E-state index contributed by atoms with van der Waals surface area (Å²) in [5, 5.41) is 3.57. The average Bonchev–Trinajstić information content (AvgIpc) is 3.04. The minimum Gasteiger partial charge on any atom is -0.352 e. The van der Waals surface area contributed by atoms with Crippen LogP contribution >= 0.6 is 0 Å². The number of nitrogens with zero attached hydrogens (tertiary/aromatic N) is 3. The Balaban J connectivity index is 1.79. The predicted molar refractivity (Wildman–Crippen MR) is 77.6 cm³/mol. The van der Waals surface area contributed by atoms with E-state index >= 15 is 0 Å². The van der Waals surface area contributed by atoms with Crippen molar-refractivity contribution in [3.63, 3.8) is 0 Å². The number of anilines is 1. The van der Waals surface area contributed by atoms with Crippen molar-refractivity contribution in [2.24, 2.45) is 0 Å². The van der Waals surface area contributed by atoms with Gasteiger partial charge in [-0.1, -0.05) is 13.8 Å². The van der Waals surface area contributed by atoms with Crippen LogP contribution in [0.1, 0.15) is 44.4 Å². The highest BCUT2D eigenvalue weighted by Gasteiger charge is 2.29. The van der Waals surface area contributed by atoms with Gasteiger partial charge >= 0.3 is 0 Å². The van der Waals surface area contributed by atoms with Gasteiger partial charge in [0.05, 0.1) is 0 Å². The molecule has 1 aromatic heterocycles. The molecule has 2 heterocycles. The van der Waals surface area contributed by atoms with E-state index in [0.29, 0.717) is 12.1 Å². The van der Waals surface area contributed by atoms with Crippen molar-refractivity contribution in [2.45, 2.75) is 58.0 Å². The van der Waals surface area contributed by atoms with Crippen LogP contribution < -0.4 is 10.2 Å². The molecule has 0 bridgehead atoms. The minimum atomic E-state index is 0.554. The summed E-state index contributed by atoms with van der Waals surface area (Å²) in [5.41, 5.74) is 2.70. The largest absolute Gasteiger partial charge is 0.352 e. The van der Waals surface area contributed by atoms with Gasteiger partial charge < -0.3 is 10.2 Å². The van der Waals surface area contributed by atoms with E-state index < -0.39 is 0 Å². The van der Waals surface area contributed by atoms with Gasteiger partial charge in [-0.3, -0.25) is 0 Å².